The molecule has 0 aromatic heterocycles. The minimum atomic E-state index is -6.03. The van der Waals surface area contributed by atoms with Gasteiger partial charge in [-0.15, -0.1) is 0 Å². The quantitative estimate of drug-likeness (QED) is 0.560. The summed E-state index contributed by atoms with van der Waals surface area (Å²) < 4.78 is 125. The fourth-order valence-electron chi connectivity index (χ4n) is 4.49. The number of nitrogens with zero attached hydrogens (tertiary/aromatic N) is 1. The highest BCUT2D eigenvalue weighted by Crippen LogP contribution is 2.54. The summed E-state index contributed by atoms with van der Waals surface area (Å²) in [6.45, 7) is -1.62. The van der Waals surface area contributed by atoms with Gasteiger partial charge in [-0.1, -0.05) is 11.6 Å². The van der Waals surface area contributed by atoms with Gasteiger partial charge in [0.05, 0.1) is 16.5 Å². The van der Waals surface area contributed by atoms with Crippen LogP contribution in [-0.4, -0.2) is 45.8 Å². The Kier molecular flexibility index (Phi) is 5.70. The van der Waals surface area contributed by atoms with Crippen molar-refractivity contribution < 1.29 is 43.5 Å². The fraction of sp³-hybridized carbons (Fsp3) is 0.368. The number of benzene rings is 2. The maximum atomic E-state index is 15.1. The fourth-order valence-corrected chi connectivity index (χ4v) is 8.23. The van der Waals surface area contributed by atoms with Crippen LogP contribution in [0.4, 0.5) is 22.0 Å². The van der Waals surface area contributed by atoms with E-state index in [4.69, 9.17) is 16.3 Å². The van der Waals surface area contributed by atoms with E-state index in [0.29, 0.717) is 12.1 Å². The summed E-state index contributed by atoms with van der Waals surface area (Å²) in [7, 11) is -10.8. The van der Waals surface area contributed by atoms with Crippen molar-refractivity contribution >= 4 is 31.5 Å². The summed E-state index contributed by atoms with van der Waals surface area (Å²) in [5, 5.41) is 0.150. The molecule has 0 N–H and O–H groups in total. The van der Waals surface area contributed by atoms with E-state index in [2.05, 4.69) is 0 Å². The van der Waals surface area contributed by atoms with E-state index < -0.39 is 83.6 Å². The minimum absolute atomic E-state index is 0.0305. The van der Waals surface area contributed by atoms with Crippen LogP contribution in [0, 0.1) is 11.6 Å². The third-order valence-corrected chi connectivity index (χ3v) is 10.3. The van der Waals surface area contributed by atoms with E-state index >= 15 is 4.39 Å². The first kappa shape index (κ1) is 24.2. The van der Waals surface area contributed by atoms with Gasteiger partial charge in [0.25, 0.3) is 0 Å². The van der Waals surface area contributed by atoms with Gasteiger partial charge in [-0.2, -0.15) is 17.5 Å². The van der Waals surface area contributed by atoms with Gasteiger partial charge in [0, 0.05) is 11.6 Å². The first-order valence-electron chi connectivity index (χ1n) is 9.45. The van der Waals surface area contributed by atoms with Gasteiger partial charge >= 0.3 is 15.5 Å². The summed E-state index contributed by atoms with van der Waals surface area (Å²) in [4.78, 5) is -0.445. The summed E-state index contributed by atoms with van der Waals surface area (Å²) in [5.41, 5.74) is -6.59. The number of sulfone groups is 1. The second kappa shape index (κ2) is 7.79. The van der Waals surface area contributed by atoms with Gasteiger partial charge in [0.2, 0.25) is 0 Å². The molecular weight excluding hydrogens is 517 g/mol. The number of hydrogen-bond acceptors (Lipinski definition) is 5. The third-order valence-electron chi connectivity index (χ3n) is 5.88. The van der Waals surface area contributed by atoms with E-state index in [0.717, 1.165) is 12.1 Å². The number of fused-ring (bicyclic) bond motifs is 3. The van der Waals surface area contributed by atoms with E-state index in [-0.39, 0.29) is 15.7 Å². The summed E-state index contributed by atoms with van der Waals surface area (Å²) in [6.07, 6.45) is -0.836. The molecule has 0 bridgehead atoms. The molecule has 2 aromatic carbocycles. The highest BCUT2D eigenvalue weighted by molar-refractivity contribution is 7.92. The predicted molar refractivity (Wildman–Crippen MR) is 107 cm³/mol. The van der Waals surface area contributed by atoms with Crippen molar-refractivity contribution in [3.8, 4) is 5.75 Å². The number of halogens is 6. The van der Waals surface area contributed by atoms with Crippen LogP contribution in [-0.2, 0) is 24.6 Å². The predicted octanol–water partition coefficient (Wildman–Crippen LogP) is 3.99. The lowest BCUT2D eigenvalue weighted by atomic mass is 9.81. The summed E-state index contributed by atoms with van der Waals surface area (Å²) in [5.74, 6) is -3.17. The SMILES string of the molecule is O=S(=O)(N1CCC[C@]2(S(=O)(=O)c3ccc(Cl)cc3)c3c(F)ccc(F)c3OC[C@H]12)C(F)(F)F. The van der Waals surface area contributed by atoms with Crippen LogP contribution in [0.3, 0.4) is 0 Å². The Morgan fingerprint density at radius 1 is 1.00 bits per heavy atom. The molecule has 1 fully saturated rings. The van der Waals surface area contributed by atoms with Gasteiger partial charge < -0.3 is 4.74 Å². The van der Waals surface area contributed by atoms with Gasteiger partial charge in [-0.05, 0) is 49.2 Å². The zero-order chi connectivity index (χ0) is 24.4. The largest absolute Gasteiger partial charge is 0.511 e. The molecule has 33 heavy (non-hydrogen) atoms. The van der Waals surface area contributed by atoms with Crippen molar-refractivity contribution in [1.82, 2.24) is 4.31 Å². The zero-order valence-electron chi connectivity index (χ0n) is 16.4. The Labute approximate surface area is 190 Å². The molecule has 0 saturated carbocycles. The van der Waals surface area contributed by atoms with Crippen molar-refractivity contribution in [2.75, 3.05) is 13.2 Å². The normalized spacial score (nSPS) is 24.0. The molecule has 2 atom stereocenters. The van der Waals surface area contributed by atoms with E-state index in [1.54, 1.807) is 0 Å². The van der Waals surface area contributed by atoms with Crippen molar-refractivity contribution in [3.63, 3.8) is 0 Å². The Morgan fingerprint density at radius 3 is 2.21 bits per heavy atom. The second-order valence-electron chi connectivity index (χ2n) is 7.57. The molecule has 180 valence electrons. The number of ether oxygens (including phenoxy) is 1. The lowest BCUT2D eigenvalue weighted by Gasteiger charge is -2.50. The highest BCUT2D eigenvalue weighted by atomic mass is 35.5. The second-order valence-corrected chi connectivity index (χ2v) is 12.1. The first-order valence-corrected chi connectivity index (χ1v) is 12.7. The van der Waals surface area contributed by atoms with Crippen molar-refractivity contribution in [2.24, 2.45) is 0 Å². The van der Waals surface area contributed by atoms with Crippen LogP contribution in [0.25, 0.3) is 0 Å². The number of sulfonamides is 1. The Balaban J connectivity index is 2.06. The Morgan fingerprint density at radius 2 is 1.61 bits per heavy atom. The number of rotatable bonds is 3. The van der Waals surface area contributed by atoms with Crippen LogP contribution < -0.4 is 4.74 Å². The van der Waals surface area contributed by atoms with E-state index in [1.807, 2.05) is 0 Å². The highest BCUT2D eigenvalue weighted by Gasteiger charge is 2.65. The molecule has 2 aromatic rings. The maximum Gasteiger partial charge on any atom is 0.511 e. The number of piperidine rings is 1. The summed E-state index contributed by atoms with van der Waals surface area (Å²) in [6, 6.07) is 3.83. The van der Waals surface area contributed by atoms with Gasteiger partial charge in [-0.25, -0.2) is 25.6 Å². The molecule has 4 rings (SSSR count). The molecule has 1 saturated heterocycles. The monoisotopic (exact) mass is 531 g/mol. The smallest absolute Gasteiger partial charge is 0.488 e. The molecule has 2 aliphatic heterocycles. The molecule has 6 nitrogen and oxygen atoms in total. The van der Waals surface area contributed by atoms with Gasteiger partial charge in [0.1, 0.15) is 17.2 Å². The summed E-state index contributed by atoms with van der Waals surface area (Å²) >= 11 is 5.81. The van der Waals surface area contributed by atoms with Crippen LogP contribution in [0.5, 0.6) is 5.75 Å². The average Bonchev–Trinajstić information content (AvgIpc) is 2.74. The maximum absolute atomic E-state index is 15.1. The lowest BCUT2D eigenvalue weighted by molar-refractivity contribution is -0.0531. The van der Waals surface area contributed by atoms with Crippen LogP contribution in [0.15, 0.2) is 41.3 Å². The molecule has 0 aliphatic carbocycles. The average molecular weight is 532 g/mol. The molecule has 2 aliphatic rings. The first-order chi connectivity index (χ1) is 15.2. The van der Waals surface area contributed by atoms with E-state index in [9.17, 15) is 34.4 Å². The Bertz CT molecular complexity index is 1320. The van der Waals surface area contributed by atoms with Gasteiger partial charge in [0.15, 0.2) is 21.4 Å². The zero-order valence-corrected chi connectivity index (χ0v) is 18.8. The molecule has 0 spiro atoms. The molecule has 0 radical (unpaired) electrons. The van der Waals surface area contributed by atoms with Gasteiger partial charge in [-0.3, -0.25) is 0 Å². The third kappa shape index (κ3) is 3.43. The molecular formula is C19H15ClF5NO5S2. The molecule has 14 heteroatoms. The number of hydrogen-bond donors (Lipinski definition) is 0. The molecule has 2 heterocycles. The van der Waals surface area contributed by atoms with Crippen molar-refractivity contribution in [2.45, 2.75) is 34.0 Å². The van der Waals surface area contributed by atoms with E-state index in [1.165, 1.54) is 12.1 Å². The number of alkyl halides is 3. The lowest BCUT2D eigenvalue weighted by Crippen LogP contribution is -2.65. The topological polar surface area (TPSA) is 80.8 Å². The molecule has 0 unspecified atom stereocenters. The Hall–Kier alpha value is -1.96. The van der Waals surface area contributed by atoms with Crippen molar-refractivity contribution in [3.05, 3.63) is 58.6 Å². The van der Waals surface area contributed by atoms with Crippen LogP contribution in [0.1, 0.15) is 18.4 Å². The molecule has 0 amide bonds. The van der Waals surface area contributed by atoms with Crippen molar-refractivity contribution in [1.29, 1.82) is 0 Å². The van der Waals surface area contributed by atoms with Crippen LogP contribution >= 0.6 is 11.6 Å². The standard InChI is InChI=1S/C19H15ClF5NO5S2/c20-11-2-4-12(5-3-11)32(27,28)18-8-1-9-26(33(29,30)19(23,24)25)15(18)10-31-17-14(22)7-6-13(21)16(17)18/h2-7,15H,1,8-10H2/t15-,18+/m0/s1. The minimum Gasteiger partial charge on any atom is -0.488 e. The van der Waals surface area contributed by atoms with Crippen LogP contribution in [0.2, 0.25) is 5.02 Å².